The van der Waals surface area contributed by atoms with Gasteiger partial charge in [-0.25, -0.2) is 4.79 Å². The summed E-state index contributed by atoms with van der Waals surface area (Å²) in [6, 6.07) is 4.85. The van der Waals surface area contributed by atoms with E-state index in [0.29, 0.717) is 6.42 Å². The zero-order valence-corrected chi connectivity index (χ0v) is 18.3. The third-order valence-corrected chi connectivity index (χ3v) is 5.57. The molecule has 1 aromatic carbocycles. The van der Waals surface area contributed by atoms with Crippen molar-refractivity contribution in [1.29, 1.82) is 0 Å². The van der Waals surface area contributed by atoms with E-state index in [-0.39, 0.29) is 12.3 Å². The number of fused-ring (bicyclic) bond motifs is 1. The number of thioether (sulfide) groups is 1. The molecule has 0 aliphatic heterocycles. The van der Waals surface area contributed by atoms with E-state index in [1.54, 1.807) is 31.8 Å². The number of benzene rings is 1. The number of H-pyrrole nitrogens is 1. The van der Waals surface area contributed by atoms with Gasteiger partial charge in [0.05, 0.1) is 6.04 Å². The third-order valence-electron chi connectivity index (χ3n) is 4.93. The molecule has 30 heavy (non-hydrogen) atoms. The molecule has 6 N–H and O–H groups in total. The maximum Gasteiger partial charge on any atom is 0.326 e. The van der Waals surface area contributed by atoms with E-state index in [1.807, 2.05) is 30.5 Å². The van der Waals surface area contributed by atoms with Crippen LogP contribution in [0.25, 0.3) is 10.9 Å². The summed E-state index contributed by atoms with van der Waals surface area (Å²) in [5, 5.41) is 15.8. The molecule has 0 spiro atoms. The van der Waals surface area contributed by atoms with Crippen molar-refractivity contribution in [2.75, 3.05) is 12.0 Å². The standard InChI is InChI=1S/C21H30N4O4S/c1-12(2)18(25-19(26)15(22)8-9-30-3)20(27)24-17(21(28)29)10-13-11-23-16-7-5-4-6-14(13)16/h4-7,11-12,15,17-18,23H,8-10,22H2,1-3H3,(H,24,27)(H,25,26)(H,28,29)/t15-,17-,18-/m0/s1. The Hall–Kier alpha value is -2.52. The molecule has 0 fully saturated rings. The first-order chi connectivity index (χ1) is 14.2. The first-order valence-corrected chi connectivity index (χ1v) is 11.3. The summed E-state index contributed by atoms with van der Waals surface area (Å²) < 4.78 is 0. The molecule has 2 aromatic rings. The van der Waals surface area contributed by atoms with Gasteiger partial charge in [0.1, 0.15) is 12.1 Å². The van der Waals surface area contributed by atoms with Crippen molar-refractivity contribution in [2.45, 2.75) is 44.8 Å². The van der Waals surface area contributed by atoms with Crippen LogP contribution in [0.5, 0.6) is 0 Å². The van der Waals surface area contributed by atoms with Crippen molar-refractivity contribution in [2.24, 2.45) is 11.7 Å². The summed E-state index contributed by atoms with van der Waals surface area (Å²) in [5.41, 5.74) is 7.58. The van der Waals surface area contributed by atoms with Gasteiger partial charge < -0.3 is 26.5 Å². The molecule has 9 heteroatoms. The fourth-order valence-corrected chi connectivity index (χ4v) is 3.64. The van der Waals surface area contributed by atoms with Crippen molar-refractivity contribution in [1.82, 2.24) is 15.6 Å². The quantitative estimate of drug-likeness (QED) is 0.363. The minimum atomic E-state index is -1.14. The molecule has 0 radical (unpaired) electrons. The fraction of sp³-hybridized carbons (Fsp3) is 0.476. The largest absolute Gasteiger partial charge is 0.480 e. The van der Waals surface area contributed by atoms with Gasteiger partial charge in [-0.05, 0) is 36.0 Å². The number of rotatable bonds is 11. The smallest absolute Gasteiger partial charge is 0.326 e. The number of carbonyl (C=O) groups is 3. The Morgan fingerprint density at radius 3 is 2.50 bits per heavy atom. The number of carbonyl (C=O) groups excluding carboxylic acids is 2. The fourth-order valence-electron chi connectivity index (χ4n) is 3.15. The number of nitrogens with one attached hydrogen (secondary N) is 3. The minimum absolute atomic E-state index is 0.122. The molecule has 3 atom stereocenters. The van der Waals surface area contributed by atoms with E-state index in [1.165, 1.54) is 0 Å². The van der Waals surface area contributed by atoms with Crippen LogP contribution in [0.3, 0.4) is 0 Å². The van der Waals surface area contributed by atoms with Crippen molar-refractivity contribution in [3.63, 3.8) is 0 Å². The van der Waals surface area contributed by atoms with E-state index in [4.69, 9.17) is 5.73 Å². The van der Waals surface area contributed by atoms with Gasteiger partial charge in [0.25, 0.3) is 0 Å². The summed E-state index contributed by atoms with van der Waals surface area (Å²) >= 11 is 1.59. The van der Waals surface area contributed by atoms with Gasteiger partial charge in [-0.2, -0.15) is 11.8 Å². The molecular weight excluding hydrogens is 404 g/mol. The molecule has 8 nitrogen and oxygen atoms in total. The normalized spacial score (nSPS) is 14.3. The van der Waals surface area contributed by atoms with Crippen LogP contribution < -0.4 is 16.4 Å². The Labute approximate surface area is 180 Å². The average Bonchev–Trinajstić information content (AvgIpc) is 3.11. The second kappa shape index (κ2) is 11.0. The van der Waals surface area contributed by atoms with Crippen LogP contribution in [0, 0.1) is 5.92 Å². The van der Waals surface area contributed by atoms with Crippen LogP contribution in [0.15, 0.2) is 30.5 Å². The molecule has 2 amide bonds. The van der Waals surface area contributed by atoms with Gasteiger partial charge in [-0.3, -0.25) is 9.59 Å². The molecule has 164 valence electrons. The van der Waals surface area contributed by atoms with Crippen molar-refractivity contribution < 1.29 is 19.5 Å². The average molecular weight is 435 g/mol. The van der Waals surface area contributed by atoms with E-state index in [0.717, 1.165) is 22.2 Å². The lowest BCUT2D eigenvalue weighted by molar-refractivity contribution is -0.142. The first kappa shape index (κ1) is 23.8. The van der Waals surface area contributed by atoms with Gasteiger partial charge in [0, 0.05) is 23.5 Å². The third kappa shape index (κ3) is 6.24. The monoisotopic (exact) mass is 434 g/mol. The maximum absolute atomic E-state index is 12.8. The molecule has 0 bridgehead atoms. The van der Waals surface area contributed by atoms with Crippen molar-refractivity contribution in [3.8, 4) is 0 Å². The minimum Gasteiger partial charge on any atom is -0.480 e. The van der Waals surface area contributed by atoms with Gasteiger partial charge in [0.2, 0.25) is 11.8 Å². The highest BCUT2D eigenvalue weighted by molar-refractivity contribution is 7.98. The van der Waals surface area contributed by atoms with Gasteiger partial charge in [-0.1, -0.05) is 32.0 Å². The Balaban J connectivity index is 2.09. The maximum atomic E-state index is 12.8. The van der Waals surface area contributed by atoms with Gasteiger partial charge in [-0.15, -0.1) is 0 Å². The predicted molar refractivity (Wildman–Crippen MR) is 119 cm³/mol. The number of aliphatic carboxylic acids is 1. The summed E-state index contributed by atoms with van der Waals surface area (Å²) in [4.78, 5) is 40.1. The number of aromatic nitrogens is 1. The van der Waals surface area contributed by atoms with Gasteiger partial charge in [0.15, 0.2) is 0 Å². The van der Waals surface area contributed by atoms with Crippen LogP contribution >= 0.6 is 11.8 Å². The molecule has 2 rings (SSSR count). The molecule has 1 heterocycles. The van der Waals surface area contributed by atoms with Gasteiger partial charge >= 0.3 is 5.97 Å². The van der Waals surface area contributed by atoms with Crippen LogP contribution in [0.2, 0.25) is 0 Å². The second-order valence-electron chi connectivity index (χ2n) is 7.58. The number of amides is 2. The SMILES string of the molecule is CSCC[C@H](N)C(=O)N[C@H](C(=O)N[C@@H](Cc1c[nH]c2ccccc12)C(=O)O)C(C)C. The van der Waals surface area contributed by atoms with E-state index in [2.05, 4.69) is 15.6 Å². The summed E-state index contributed by atoms with van der Waals surface area (Å²) in [7, 11) is 0. The summed E-state index contributed by atoms with van der Waals surface area (Å²) in [6.07, 6.45) is 4.29. The Morgan fingerprint density at radius 1 is 1.17 bits per heavy atom. The van der Waals surface area contributed by atoms with Crippen LogP contribution in [0.4, 0.5) is 0 Å². The highest BCUT2D eigenvalue weighted by Gasteiger charge is 2.30. The predicted octanol–water partition coefficient (Wildman–Crippen LogP) is 1.50. The highest BCUT2D eigenvalue weighted by Crippen LogP contribution is 2.19. The highest BCUT2D eigenvalue weighted by atomic mass is 32.2. The summed E-state index contributed by atoms with van der Waals surface area (Å²) in [5.74, 6) is -1.59. The molecule has 0 aliphatic rings. The van der Waals surface area contributed by atoms with Crippen LogP contribution in [-0.4, -0.2) is 58.0 Å². The Morgan fingerprint density at radius 2 is 1.87 bits per heavy atom. The lowest BCUT2D eigenvalue weighted by Crippen LogP contribution is -2.56. The molecule has 0 saturated heterocycles. The zero-order chi connectivity index (χ0) is 22.3. The summed E-state index contributed by atoms with van der Waals surface area (Å²) in [6.45, 7) is 3.57. The number of hydrogen-bond donors (Lipinski definition) is 5. The number of hydrogen-bond acceptors (Lipinski definition) is 5. The number of carboxylic acids is 1. The lowest BCUT2D eigenvalue weighted by atomic mass is 10.0. The topological polar surface area (TPSA) is 137 Å². The second-order valence-corrected chi connectivity index (χ2v) is 8.57. The number of nitrogens with two attached hydrogens (primary N) is 1. The molecule has 1 aromatic heterocycles. The first-order valence-electron chi connectivity index (χ1n) is 9.87. The van der Waals surface area contributed by atoms with E-state index >= 15 is 0 Å². The number of aromatic amines is 1. The molecular formula is C21H30N4O4S. The van der Waals surface area contributed by atoms with E-state index in [9.17, 15) is 19.5 Å². The van der Waals surface area contributed by atoms with E-state index < -0.39 is 35.9 Å². The van der Waals surface area contributed by atoms with Crippen molar-refractivity contribution in [3.05, 3.63) is 36.0 Å². The van der Waals surface area contributed by atoms with Crippen LogP contribution in [0.1, 0.15) is 25.8 Å². The van der Waals surface area contributed by atoms with Crippen LogP contribution in [-0.2, 0) is 20.8 Å². The molecule has 0 unspecified atom stereocenters. The lowest BCUT2D eigenvalue weighted by Gasteiger charge is -2.25. The Kier molecular flexibility index (Phi) is 8.73. The molecule has 0 aliphatic carbocycles. The number of para-hydroxylation sites is 1. The van der Waals surface area contributed by atoms with Crippen molar-refractivity contribution >= 4 is 40.4 Å². The zero-order valence-electron chi connectivity index (χ0n) is 17.5. The Bertz CT molecular complexity index is 883. The molecule has 0 saturated carbocycles. The number of carboxylic acid groups (broad SMARTS) is 1.